The van der Waals surface area contributed by atoms with Gasteiger partial charge in [0.2, 0.25) is 5.91 Å². The molecule has 1 heterocycles. The summed E-state index contributed by atoms with van der Waals surface area (Å²) in [6.45, 7) is 3.77. The first-order chi connectivity index (χ1) is 14.1. The lowest BCUT2D eigenvalue weighted by molar-refractivity contribution is -0.141. The minimum absolute atomic E-state index is 0.112. The second kappa shape index (κ2) is 9.18. The molecule has 3 rings (SSSR count). The molecular formula is C21H17BrF3N3OS. The van der Waals surface area contributed by atoms with Gasteiger partial charge in [0, 0.05) is 15.7 Å². The number of hydrogen-bond acceptors (Lipinski definition) is 4. The molecule has 0 fully saturated rings. The largest absolute Gasteiger partial charge is 0.433 e. The highest BCUT2D eigenvalue weighted by Crippen LogP contribution is 2.32. The van der Waals surface area contributed by atoms with Gasteiger partial charge in [0.05, 0.1) is 11.4 Å². The van der Waals surface area contributed by atoms with Crippen molar-refractivity contribution in [2.75, 3.05) is 11.1 Å². The van der Waals surface area contributed by atoms with Crippen LogP contribution in [-0.4, -0.2) is 21.6 Å². The van der Waals surface area contributed by atoms with Gasteiger partial charge in [-0.15, -0.1) is 0 Å². The number of aromatic nitrogens is 2. The van der Waals surface area contributed by atoms with Crippen molar-refractivity contribution in [3.05, 3.63) is 69.8 Å². The van der Waals surface area contributed by atoms with E-state index in [4.69, 9.17) is 0 Å². The van der Waals surface area contributed by atoms with Gasteiger partial charge in [0.15, 0.2) is 5.16 Å². The zero-order chi connectivity index (χ0) is 21.9. The fraction of sp³-hybridized carbons (Fsp3) is 0.190. The summed E-state index contributed by atoms with van der Waals surface area (Å²) in [6.07, 6.45) is -4.62. The van der Waals surface area contributed by atoms with E-state index in [0.717, 1.165) is 33.4 Å². The van der Waals surface area contributed by atoms with Crippen molar-refractivity contribution in [1.29, 1.82) is 0 Å². The van der Waals surface area contributed by atoms with Gasteiger partial charge in [-0.25, -0.2) is 9.97 Å². The highest BCUT2D eigenvalue weighted by Gasteiger charge is 2.34. The summed E-state index contributed by atoms with van der Waals surface area (Å²) in [5.74, 6) is -0.464. The first-order valence-corrected chi connectivity index (χ1v) is 10.6. The van der Waals surface area contributed by atoms with Crippen molar-refractivity contribution in [1.82, 2.24) is 9.97 Å². The summed E-state index contributed by atoms with van der Waals surface area (Å²) in [6, 6.07) is 13.3. The Morgan fingerprint density at radius 3 is 2.43 bits per heavy atom. The second-order valence-electron chi connectivity index (χ2n) is 6.58. The molecule has 0 saturated heterocycles. The number of hydrogen-bond donors (Lipinski definition) is 1. The van der Waals surface area contributed by atoms with Crippen LogP contribution >= 0.6 is 27.7 Å². The van der Waals surface area contributed by atoms with Crippen LogP contribution in [0, 0.1) is 13.8 Å². The fourth-order valence-electron chi connectivity index (χ4n) is 2.59. The lowest BCUT2D eigenvalue weighted by Crippen LogP contribution is -2.16. The first-order valence-electron chi connectivity index (χ1n) is 8.84. The number of carbonyl (C=O) groups is 1. The Morgan fingerprint density at radius 2 is 1.77 bits per heavy atom. The minimum Gasteiger partial charge on any atom is -0.325 e. The molecule has 0 atom stereocenters. The third kappa shape index (κ3) is 5.82. The van der Waals surface area contributed by atoms with Gasteiger partial charge in [0.25, 0.3) is 0 Å². The number of alkyl halides is 3. The monoisotopic (exact) mass is 495 g/mol. The van der Waals surface area contributed by atoms with Gasteiger partial charge >= 0.3 is 6.18 Å². The van der Waals surface area contributed by atoms with E-state index >= 15 is 0 Å². The SMILES string of the molecule is Cc1ccc(C)c(NC(=O)CSc2nc(-c3ccc(Br)cc3)cc(C(F)(F)F)n2)c1. The molecule has 2 aromatic carbocycles. The molecule has 0 aliphatic carbocycles. The Balaban J connectivity index is 1.80. The molecule has 0 saturated carbocycles. The Kier molecular flexibility index (Phi) is 6.82. The average Bonchev–Trinajstić information content (AvgIpc) is 2.69. The molecule has 0 spiro atoms. The number of anilines is 1. The van der Waals surface area contributed by atoms with Crippen molar-refractivity contribution in [3.63, 3.8) is 0 Å². The molecule has 0 aliphatic rings. The van der Waals surface area contributed by atoms with Gasteiger partial charge in [0.1, 0.15) is 5.69 Å². The van der Waals surface area contributed by atoms with Crippen LogP contribution in [0.5, 0.6) is 0 Å². The van der Waals surface area contributed by atoms with Crippen LogP contribution in [0.25, 0.3) is 11.3 Å². The highest BCUT2D eigenvalue weighted by atomic mass is 79.9. The Bertz CT molecular complexity index is 1070. The molecule has 0 aliphatic heterocycles. The fourth-order valence-corrected chi connectivity index (χ4v) is 3.51. The maximum absolute atomic E-state index is 13.3. The lowest BCUT2D eigenvalue weighted by atomic mass is 10.1. The predicted molar refractivity (Wildman–Crippen MR) is 115 cm³/mol. The van der Waals surface area contributed by atoms with E-state index in [1.54, 1.807) is 24.3 Å². The number of rotatable bonds is 5. The van der Waals surface area contributed by atoms with E-state index in [9.17, 15) is 18.0 Å². The number of halogens is 4. The number of nitrogens with one attached hydrogen (secondary N) is 1. The van der Waals surface area contributed by atoms with Gasteiger partial charge < -0.3 is 5.32 Å². The van der Waals surface area contributed by atoms with Crippen LogP contribution in [0.1, 0.15) is 16.8 Å². The second-order valence-corrected chi connectivity index (χ2v) is 8.44. The van der Waals surface area contributed by atoms with E-state index in [2.05, 4.69) is 31.2 Å². The van der Waals surface area contributed by atoms with E-state index < -0.39 is 11.9 Å². The van der Waals surface area contributed by atoms with Gasteiger partial charge in [-0.2, -0.15) is 13.2 Å². The van der Waals surface area contributed by atoms with Crippen molar-refractivity contribution in [2.45, 2.75) is 25.2 Å². The van der Waals surface area contributed by atoms with Crippen LogP contribution in [-0.2, 0) is 11.0 Å². The van der Waals surface area contributed by atoms with Gasteiger partial charge in [-0.1, -0.05) is 52.0 Å². The van der Waals surface area contributed by atoms with E-state index in [-0.39, 0.29) is 22.5 Å². The number of amides is 1. The van der Waals surface area contributed by atoms with Gasteiger partial charge in [-0.05, 0) is 49.2 Å². The molecule has 1 amide bonds. The van der Waals surface area contributed by atoms with E-state index in [1.807, 2.05) is 32.0 Å². The van der Waals surface area contributed by atoms with E-state index in [0.29, 0.717) is 11.3 Å². The summed E-state index contributed by atoms with van der Waals surface area (Å²) >= 11 is 4.15. The summed E-state index contributed by atoms with van der Waals surface area (Å²) in [5.41, 5.74) is 2.17. The molecule has 1 N–H and O–H groups in total. The van der Waals surface area contributed by atoms with Gasteiger partial charge in [-0.3, -0.25) is 4.79 Å². The molecular weight excluding hydrogens is 479 g/mol. The maximum Gasteiger partial charge on any atom is 0.433 e. The minimum atomic E-state index is -4.62. The predicted octanol–water partition coefficient (Wildman–Crippen LogP) is 6.27. The summed E-state index contributed by atoms with van der Waals surface area (Å²) in [5, 5.41) is 2.66. The Morgan fingerprint density at radius 1 is 1.07 bits per heavy atom. The van der Waals surface area contributed by atoms with Crippen molar-refractivity contribution in [2.24, 2.45) is 0 Å². The summed E-state index contributed by atoms with van der Waals surface area (Å²) in [7, 11) is 0. The van der Waals surface area contributed by atoms with Crippen LogP contribution < -0.4 is 5.32 Å². The number of carbonyl (C=O) groups excluding carboxylic acids is 1. The Labute approximate surface area is 184 Å². The normalized spacial score (nSPS) is 11.4. The summed E-state index contributed by atoms with van der Waals surface area (Å²) < 4.78 is 40.7. The molecule has 9 heteroatoms. The maximum atomic E-state index is 13.3. The number of benzene rings is 2. The lowest BCUT2D eigenvalue weighted by Gasteiger charge is -2.11. The quantitative estimate of drug-likeness (QED) is 0.334. The van der Waals surface area contributed by atoms with Crippen molar-refractivity contribution in [3.8, 4) is 11.3 Å². The summed E-state index contributed by atoms with van der Waals surface area (Å²) in [4.78, 5) is 20.1. The molecule has 30 heavy (non-hydrogen) atoms. The number of nitrogens with zero attached hydrogens (tertiary/aromatic N) is 2. The number of thioether (sulfide) groups is 1. The highest BCUT2D eigenvalue weighted by molar-refractivity contribution is 9.10. The molecule has 0 bridgehead atoms. The third-order valence-corrected chi connectivity index (χ3v) is 5.51. The van der Waals surface area contributed by atoms with Crippen LogP contribution in [0.2, 0.25) is 0 Å². The van der Waals surface area contributed by atoms with Crippen LogP contribution in [0.3, 0.4) is 0 Å². The van der Waals surface area contributed by atoms with Crippen LogP contribution in [0.4, 0.5) is 18.9 Å². The third-order valence-electron chi connectivity index (χ3n) is 4.14. The molecule has 3 aromatic rings. The average molecular weight is 496 g/mol. The zero-order valence-electron chi connectivity index (χ0n) is 16.0. The first kappa shape index (κ1) is 22.3. The standard InChI is InChI=1S/C21H17BrF3N3OS/c1-12-3-4-13(2)16(9-12)26-19(29)11-30-20-27-17(10-18(28-20)21(23,24)25)14-5-7-15(22)8-6-14/h3-10H,11H2,1-2H3,(H,26,29). The van der Waals surface area contributed by atoms with Crippen molar-refractivity contribution >= 4 is 39.3 Å². The Hall–Kier alpha value is -2.39. The molecule has 4 nitrogen and oxygen atoms in total. The molecule has 0 unspecified atom stereocenters. The van der Waals surface area contributed by atoms with Crippen molar-refractivity contribution < 1.29 is 18.0 Å². The van der Waals surface area contributed by atoms with E-state index in [1.165, 1.54) is 0 Å². The topological polar surface area (TPSA) is 54.9 Å². The molecule has 1 aromatic heterocycles. The molecule has 0 radical (unpaired) electrons. The van der Waals surface area contributed by atoms with Crippen LogP contribution in [0.15, 0.2) is 58.2 Å². The smallest absolute Gasteiger partial charge is 0.325 e. The molecule has 156 valence electrons. The zero-order valence-corrected chi connectivity index (χ0v) is 18.5. The number of aryl methyl sites for hydroxylation is 2.